The van der Waals surface area contributed by atoms with Gasteiger partial charge in [0.25, 0.3) is 5.91 Å². The van der Waals surface area contributed by atoms with Crippen molar-refractivity contribution in [2.45, 2.75) is 45.2 Å². The summed E-state index contributed by atoms with van der Waals surface area (Å²) in [4.78, 5) is 14.8. The first-order valence-corrected chi connectivity index (χ1v) is 10.8. The van der Waals surface area contributed by atoms with Crippen LogP contribution >= 0.6 is 0 Å². The standard InChI is InChI=1S/C17H22N4O4S/c1-2-20-10-12(9-18-20)14-11-26(23,24)8-7-21(14)17(22)16-13-5-3-4-6-15(13)25-19-16/h9-10,14H,2-8,11H2,1H3/t14-/m0/s1. The number of nitrogens with zero attached hydrogens (tertiary/aromatic N) is 4. The van der Waals surface area contributed by atoms with Gasteiger partial charge >= 0.3 is 0 Å². The van der Waals surface area contributed by atoms with Crippen LogP contribution in [0.25, 0.3) is 0 Å². The highest BCUT2D eigenvalue weighted by Crippen LogP contribution is 2.31. The maximum atomic E-state index is 13.2. The summed E-state index contributed by atoms with van der Waals surface area (Å²) < 4.78 is 31.5. The number of rotatable bonds is 3. The van der Waals surface area contributed by atoms with Crippen LogP contribution in [-0.2, 0) is 29.2 Å². The Hall–Kier alpha value is -2.16. The Morgan fingerprint density at radius 3 is 2.92 bits per heavy atom. The topological polar surface area (TPSA) is 98.3 Å². The van der Waals surface area contributed by atoms with Crippen molar-refractivity contribution < 1.29 is 17.7 Å². The smallest absolute Gasteiger partial charge is 0.276 e. The van der Waals surface area contributed by atoms with Crippen LogP contribution in [-0.4, -0.2) is 52.2 Å². The van der Waals surface area contributed by atoms with Crippen molar-refractivity contribution >= 4 is 15.7 Å². The van der Waals surface area contributed by atoms with Crippen LogP contribution in [0.4, 0.5) is 0 Å². The third-order valence-corrected chi connectivity index (χ3v) is 6.84. The van der Waals surface area contributed by atoms with E-state index in [4.69, 9.17) is 4.52 Å². The van der Waals surface area contributed by atoms with Gasteiger partial charge in [0, 0.05) is 36.8 Å². The molecule has 140 valence electrons. The number of carbonyl (C=O) groups is 1. The van der Waals surface area contributed by atoms with Gasteiger partial charge < -0.3 is 9.42 Å². The van der Waals surface area contributed by atoms with Gasteiger partial charge in [-0.15, -0.1) is 0 Å². The molecule has 9 heteroatoms. The fourth-order valence-corrected chi connectivity index (χ4v) is 5.23. The first-order chi connectivity index (χ1) is 12.5. The van der Waals surface area contributed by atoms with Gasteiger partial charge in [0.1, 0.15) is 5.76 Å². The molecule has 0 unspecified atom stereocenters. The van der Waals surface area contributed by atoms with E-state index in [0.29, 0.717) is 12.2 Å². The van der Waals surface area contributed by atoms with Crippen LogP contribution in [0.3, 0.4) is 0 Å². The lowest BCUT2D eigenvalue weighted by Crippen LogP contribution is -2.46. The molecule has 0 bridgehead atoms. The number of carbonyl (C=O) groups excluding carboxylic acids is 1. The molecule has 1 aliphatic carbocycles. The zero-order valence-electron chi connectivity index (χ0n) is 14.7. The van der Waals surface area contributed by atoms with E-state index < -0.39 is 15.9 Å². The summed E-state index contributed by atoms with van der Waals surface area (Å²) in [7, 11) is -3.20. The third kappa shape index (κ3) is 3.04. The molecule has 1 fully saturated rings. The van der Waals surface area contributed by atoms with Crippen LogP contribution in [0, 0.1) is 0 Å². The lowest BCUT2D eigenvalue weighted by atomic mass is 9.96. The Morgan fingerprint density at radius 2 is 2.15 bits per heavy atom. The Morgan fingerprint density at radius 1 is 1.35 bits per heavy atom. The van der Waals surface area contributed by atoms with Gasteiger partial charge in [-0.2, -0.15) is 5.10 Å². The zero-order chi connectivity index (χ0) is 18.3. The molecule has 2 aliphatic rings. The molecule has 0 saturated carbocycles. The molecular formula is C17H22N4O4S. The van der Waals surface area contributed by atoms with E-state index >= 15 is 0 Å². The molecule has 2 aromatic rings. The first kappa shape index (κ1) is 17.3. The molecule has 3 heterocycles. The Balaban J connectivity index is 1.68. The minimum atomic E-state index is -3.20. The second kappa shape index (κ2) is 6.53. The maximum Gasteiger partial charge on any atom is 0.276 e. The van der Waals surface area contributed by atoms with E-state index in [-0.39, 0.29) is 24.0 Å². The molecule has 4 rings (SSSR count). The lowest BCUT2D eigenvalue weighted by Gasteiger charge is -2.34. The molecule has 26 heavy (non-hydrogen) atoms. The highest BCUT2D eigenvalue weighted by Gasteiger charge is 2.38. The average molecular weight is 378 g/mol. The van der Waals surface area contributed by atoms with E-state index in [1.54, 1.807) is 15.8 Å². The van der Waals surface area contributed by atoms with E-state index in [1.165, 1.54) is 0 Å². The second-order valence-electron chi connectivity index (χ2n) is 6.90. The largest absolute Gasteiger partial charge is 0.360 e. The Bertz CT molecular complexity index is 930. The molecule has 1 amide bonds. The molecule has 0 aromatic carbocycles. The number of amides is 1. The molecule has 0 N–H and O–H groups in total. The highest BCUT2D eigenvalue weighted by molar-refractivity contribution is 7.91. The van der Waals surface area contributed by atoms with Crippen LogP contribution in [0.15, 0.2) is 16.9 Å². The van der Waals surface area contributed by atoms with Gasteiger partial charge in [-0.3, -0.25) is 9.48 Å². The molecule has 8 nitrogen and oxygen atoms in total. The van der Waals surface area contributed by atoms with Crippen molar-refractivity contribution in [3.8, 4) is 0 Å². The monoisotopic (exact) mass is 378 g/mol. The van der Waals surface area contributed by atoms with Gasteiger partial charge in [0.05, 0.1) is 23.7 Å². The van der Waals surface area contributed by atoms with Gasteiger partial charge in [-0.25, -0.2) is 8.42 Å². The molecular weight excluding hydrogens is 356 g/mol. The minimum absolute atomic E-state index is 0.0306. The van der Waals surface area contributed by atoms with E-state index in [1.807, 2.05) is 13.1 Å². The second-order valence-corrected chi connectivity index (χ2v) is 9.13. The summed E-state index contributed by atoms with van der Waals surface area (Å²) in [6.45, 7) is 2.80. The van der Waals surface area contributed by atoms with Gasteiger partial charge in [0.15, 0.2) is 15.5 Å². The summed E-state index contributed by atoms with van der Waals surface area (Å²) in [6.07, 6.45) is 7.09. The maximum absolute atomic E-state index is 13.2. The quantitative estimate of drug-likeness (QED) is 0.800. The summed E-state index contributed by atoms with van der Waals surface area (Å²) in [5.41, 5.74) is 1.96. The number of fused-ring (bicyclic) bond motifs is 1. The number of hydrogen-bond acceptors (Lipinski definition) is 6. The van der Waals surface area contributed by atoms with Crippen molar-refractivity contribution in [3.63, 3.8) is 0 Å². The van der Waals surface area contributed by atoms with Crippen LogP contribution in [0.1, 0.15) is 53.2 Å². The highest BCUT2D eigenvalue weighted by atomic mass is 32.2. The average Bonchev–Trinajstić information content (AvgIpc) is 3.27. The Labute approximate surface area is 152 Å². The predicted octanol–water partition coefficient (Wildman–Crippen LogP) is 1.38. The number of hydrogen-bond donors (Lipinski definition) is 0. The van der Waals surface area contributed by atoms with Crippen molar-refractivity contribution in [2.75, 3.05) is 18.1 Å². The normalized spacial score (nSPS) is 22.2. The van der Waals surface area contributed by atoms with Crippen LogP contribution in [0.5, 0.6) is 0 Å². The van der Waals surface area contributed by atoms with E-state index in [9.17, 15) is 13.2 Å². The molecule has 1 aliphatic heterocycles. The van der Waals surface area contributed by atoms with E-state index in [0.717, 1.165) is 42.6 Å². The molecule has 0 radical (unpaired) electrons. The van der Waals surface area contributed by atoms with Crippen molar-refractivity contribution in [1.82, 2.24) is 19.8 Å². The molecule has 1 saturated heterocycles. The lowest BCUT2D eigenvalue weighted by molar-refractivity contribution is 0.0686. The van der Waals surface area contributed by atoms with Crippen molar-refractivity contribution in [3.05, 3.63) is 35.0 Å². The predicted molar refractivity (Wildman–Crippen MR) is 93.5 cm³/mol. The first-order valence-electron chi connectivity index (χ1n) is 8.99. The molecule has 1 atom stereocenters. The van der Waals surface area contributed by atoms with Crippen LogP contribution < -0.4 is 0 Å². The van der Waals surface area contributed by atoms with Gasteiger partial charge in [-0.1, -0.05) is 5.16 Å². The SMILES string of the molecule is CCn1cc([C@@H]2CS(=O)(=O)CCN2C(=O)c2noc3c2CCCC3)cn1. The van der Waals surface area contributed by atoms with Crippen molar-refractivity contribution in [1.29, 1.82) is 0 Å². The van der Waals surface area contributed by atoms with Gasteiger partial charge in [-0.05, 0) is 26.2 Å². The number of sulfone groups is 1. The van der Waals surface area contributed by atoms with Crippen LogP contribution in [0.2, 0.25) is 0 Å². The summed E-state index contributed by atoms with van der Waals surface area (Å²) in [5.74, 6) is 0.423. The third-order valence-electron chi connectivity index (χ3n) is 5.21. The molecule has 2 aromatic heterocycles. The fourth-order valence-electron chi connectivity index (χ4n) is 3.74. The van der Waals surface area contributed by atoms with Gasteiger partial charge in [0.2, 0.25) is 0 Å². The number of aromatic nitrogens is 3. The summed E-state index contributed by atoms with van der Waals surface area (Å²) in [6, 6.07) is -0.544. The fraction of sp³-hybridized carbons (Fsp3) is 0.588. The Kier molecular flexibility index (Phi) is 4.34. The molecule has 0 spiro atoms. The van der Waals surface area contributed by atoms with Crippen molar-refractivity contribution in [2.24, 2.45) is 0 Å². The minimum Gasteiger partial charge on any atom is -0.360 e. The summed E-state index contributed by atoms with van der Waals surface area (Å²) >= 11 is 0. The van der Waals surface area contributed by atoms with E-state index in [2.05, 4.69) is 10.3 Å². The number of aryl methyl sites for hydroxylation is 2. The summed E-state index contributed by atoms with van der Waals surface area (Å²) in [5, 5.41) is 8.26. The zero-order valence-corrected chi connectivity index (χ0v) is 15.5.